The van der Waals surface area contributed by atoms with Gasteiger partial charge in [0, 0.05) is 18.8 Å². The molecule has 0 unspecified atom stereocenters. The first-order valence-electron chi connectivity index (χ1n) is 6.63. The summed E-state index contributed by atoms with van der Waals surface area (Å²) < 4.78 is 0. The number of carbonyl (C=O) groups is 1. The number of hydrogen-bond donors (Lipinski definition) is 1. The molecule has 0 saturated heterocycles. The van der Waals surface area contributed by atoms with Crippen molar-refractivity contribution in [3.8, 4) is 0 Å². The van der Waals surface area contributed by atoms with Crippen LogP contribution in [0.5, 0.6) is 0 Å². The largest absolute Gasteiger partial charge is 0.477 e. The van der Waals surface area contributed by atoms with Crippen molar-refractivity contribution in [2.24, 2.45) is 0 Å². The van der Waals surface area contributed by atoms with Crippen LogP contribution < -0.4 is 0 Å². The number of hydrogen-bond acceptors (Lipinski definition) is 3. The lowest BCUT2D eigenvalue weighted by molar-refractivity contribution is 0.0687. The molecule has 0 radical (unpaired) electrons. The van der Waals surface area contributed by atoms with E-state index in [-0.39, 0.29) is 5.69 Å². The molecule has 1 heterocycles. The first-order chi connectivity index (χ1) is 8.72. The summed E-state index contributed by atoms with van der Waals surface area (Å²) in [5, 5.41) is 9.14. The fraction of sp³-hybridized carbons (Fsp3) is 0.571. The van der Waals surface area contributed by atoms with Gasteiger partial charge in [-0.2, -0.15) is 0 Å². The average molecular weight is 248 g/mol. The molecule has 0 aliphatic heterocycles. The predicted octanol–water partition coefficient (Wildman–Crippen LogP) is 2.54. The minimum atomic E-state index is -0.937. The maximum absolute atomic E-state index is 11.1. The first kappa shape index (κ1) is 13.0. The van der Waals surface area contributed by atoms with E-state index < -0.39 is 5.97 Å². The lowest BCUT2D eigenvalue weighted by atomic mass is 10.1. The summed E-state index contributed by atoms with van der Waals surface area (Å²) in [5.74, 6) is -0.937. The SMILES string of the molecule is CCN(Cc1cccnc1C(=O)O)C1CCCC1. The molecule has 4 heteroatoms. The third-order valence-electron chi connectivity index (χ3n) is 3.71. The Kier molecular flexibility index (Phi) is 4.31. The summed E-state index contributed by atoms with van der Waals surface area (Å²) in [6, 6.07) is 4.29. The molecule has 2 rings (SSSR count). The number of rotatable bonds is 5. The third-order valence-corrected chi connectivity index (χ3v) is 3.71. The fourth-order valence-corrected chi connectivity index (χ4v) is 2.75. The second kappa shape index (κ2) is 5.96. The normalized spacial score (nSPS) is 16.3. The molecule has 1 aliphatic rings. The highest BCUT2D eigenvalue weighted by Crippen LogP contribution is 2.25. The zero-order valence-electron chi connectivity index (χ0n) is 10.8. The second-order valence-corrected chi connectivity index (χ2v) is 4.82. The first-order valence-corrected chi connectivity index (χ1v) is 6.63. The summed E-state index contributed by atoms with van der Waals surface area (Å²) >= 11 is 0. The quantitative estimate of drug-likeness (QED) is 0.870. The van der Waals surface area contributed by atoms with Gasteiger partial charge < -0.3 is 5.11 Å². The van der Waals surface area contributed by atoms with Crippen LogP contribution in [-0.4, -0.2) is 33.5 Å². The van der Waals surface area contributed by atoms with Gasteiger partial charge in [-0.15, -0.1) is 0 Å². The van der Waals surface area contributed by atoms with Gasteiger partial charge in [-0.25, -0.2) is 9.78 Å². The van der Waals surface area contributed by atoms with Crippen LogP contribution in [0, 0.1) is 0 Å². The average Bonchev–Trinajstić information content (AvgIpc) is 2.90. The van der Waals surface area contributed by atoms with Crippen LogP contribution in [-0.2, 0) is 6.54 Å². The van der Waals surface area contributed by atoms with Crippen molar-refractivity contribution >= 4 is 5.97 Å². The van der Waals surface area contributed by atoms with Crippen LogP contribution in [0.3, 0.4) is 0 Å². The minimum absolute atomic E-state index is 0.189. The molecule has 0 atom stereocenters. The van der Waals surface area contributed by atoms with Crippen molar-refractivity contribution in [1.29, 1.82) is 0 Å². The Morgan fingerprint density at radius 3 is 2.83 bits per heavy atom. The molecular weight excluding hydrogens is 228 g/mol. The molecule has 0 bridgehead atoms. The molecule has 0 aromatic carbocycles. The number of carboxylic acids is 1. The monoisotopic (exact) mass is 248 g/mol. The van der Waals surface area contributed by atoms with Gasteiger partial charge in [0.2, 0.25) is 0 Å². The van der Waals surface area contributed by atoms with Crippen molar-refractivity contribution < 1.29 is 9.90 Å². The van der Waals surface area contributed by atoms with Crippen molar-refractivity contribution in [3.63, 3.8) is 0 Å². The van der Waals surface area contributed by atoms with Crippen LogP contribution >= 0.6 is 0 Å². The van der Waals surface area contributed by atoms with E-state index in [1.807, 2.05) is 12.1 Å². The van der Waals surface area contributed by atoms with Gasteiger partial charge in [-0.05, 0) is 31.0 Å². The maximum Gasteiger partial charge on any atom is 0.354 e. The van der Waals surface area contributed by atoms with Crippen molar-refractivity contribution in [1.82, 2.24) is 9.88 Å². The highest BCUT2D eigenvalue weighted by atomic mass is 16.4. The Labute approximate surface area is 108 Å². The number of nitrogens with zero attached hydrogens (tertiary/aromatic N) is 2. The smallest absolute Gasteiger partial charge is 0.354 e. The Balaban J connectivity index is 2.13. The summed E-state index contributed by atoms with van der Waals surface area (Å²) in [4.78, 5) is 17.5. The zero-order chi connectivity index (χ0) is 13.0. The third kappa shape index (κ3) is 2.88. The molecule has 1 aromatic rings. The lowest BCUT2D eigenvalue weighted by Crippen LogP contribution is -2.33. The summed E-state index contributed by atoms with van der Waals surface area (Å²) in [6.45, 7) is 3.78. The molecule has 1 aliphatic carbocycles. The van der Waals surface area contributed by atoms with Crippen molar-refractivity contribution in [3.05, 3.63) is 29.6 Å². The van der Waals surface area contributed by atoms with E-state index in [0.29, 0.717) is 12.6 Å². The Bertz CT molecular complexity index is 414. The molecule has 1 saturated carbocycles. The minimum Gasteiger partial charge on any atom is -0.477 e. The van der Waals surface area contributed by atoms with Gasteiger partial charge in [-0.3, -0.25) is 4.90 Å². The van der Waals surface area contributed by atoms with Crippen molar-refractivity contribution in [2.75, 3.05) is 6.54 Å². The molecule has 98 valence electrons. The molecule has 1 fully saturated rings. The van der Waals surface area contributed by atoms with Crippen LogP contribution in [0.25, 0.3) is 0 Å². The maximum atomic E-state index is 11.1. The molecular formula is C14H20N2O2. The van der Waals surface area contributed by atoms with Gasteiger partial charge in [0.15, 0.2) is 5.69 Å². The number of pyridine rings is 1. The van der Waals surface area contributed by atoms with Crippen LogP contribution in [0.1, 0.15) is 48.7 Å². The second-order valence-electron chi connectivity index (χ2n) is 4.82. The van der Waals surface area contributed by atoms with Crippen LogP contribution in [0.2, 0.25) is 0 Å². The molecule has 4 nitrogen and oxygen atoms in total. The molecule has 1 aromatic heterocycles. The van der Waals surface area contributed by atoms with E-state index in [1.165, 1.54) is 25.7 Å². The Morgan fingerprint density at radius 2 is 2.22 bits per heavy atom. The predicted molar refractivity (Wildman–Crippen MR) is 69.5 cm³/mol. The fourth-order valence-electron chi connectivity index (χ4n) is 2.75. The van der Waals surface area contributed by atoms with E-state index in [0.717, 1.165) is 12.1 Å². The molecule has 0 amide bonds. The van der Waals surface area contributed by atoms with E-state index >= 15 is 0 Å². The van der Waals surface area contributed by atoms with E-state index in [1.54, 1.807) is 6.20 Å². The van der Waals surface area contributed by atoms with E-state index in [2.05, 4.69) is 16.8 Å². The van der Waals surface area contributed by atoms with Crippen LogP contribution in [0.15, 0.2) is 18.3 Å². The van der Waals surface area contributed by atoms with Gasteiger partial charge in [0.05, 0.1) is 0 Å². The zero-order valence-corrected chi connectivity index (χ0v) is 10.8. The number of aromatic carboxylic acids is 1. The number of carboxylic acid groups (broad SMARTS) is 1. The molecule has 0 spiro atoms. The van der Waals surface area contributed by atoms with E-state index in [4.69, 9.17) is 5.11 Å². The molecule has 1 N–H and O–H groups in total. The molecule has 18 heavy (non-hydrogen) atoms. The van der Waals surface area contributed by atoms with Gasteiger partial charge >= 0.3 is 5.97 Å². The summed E-state index contributed by atoms with van der Waals surface area (Å²) in [6.07, 6.45) is 6.59. The Hall–Kier alpha value is -1.42. The van der Waals surface area contributed by atoms with Crippen LogP contribution in [0.4, 0.5) is 0 Å². The van der Waals surface area contributed by atoms with Gasteiger partial charge in [0.1, 0.15) is 0 Å². The lowest BCUT2D eigenvalue weighted by Gasteiger charge is -2.27. The van der Waals surface area contributed by atoms with E-state index in [9.17, 15) is 4.79 Å². The summed E-state index contributed by atoms with van der Waals surface area (Å²) in [5.41, 5.74) is 1.01. The van der Waals surface area contributed by atoms with Gasteiger partial charge in [-0.1, -0.05) is 25.8 Å². The number of aromatic nitrogens is 1. The topological polar surface area (TPSA) is 53.4 Å². The summed E-state index contributed by atoms with van der Waals surface area (Å²) in [7, 11) is 0. The van der Waals surface area contributed by atoms with Gasteiger partial charge in [0.25, 0.3) is 0 Å². The highest BCUT2D eigenvalue weighted by Gasteiger charge is 2.23. The standard InChI is InChI=1S/C14H20N2O2/c1-2-16(12-7-3-4-8-12)10-11-6-5-9-15-13(11)14(17)18/h5-6,9,12H,2-4,7-8,10H2,1H3,(H,17,18). The Morgan fingerprint density at radius 1 is 1.50 bits per heavy atom. The van der Waals surface area contributed by atoms with Crippen molar-refractivity contribution in [2.45, 2.75) is 45.2 Å². The highest BCUT2D eigenvalue weighted by molar-refractivity contribution is 5.86.